The van der Waals surface area contributed by atoms with E-state index in [1.165, 1.54) is 0 Å². The van der Waals surface area contributed by atoms with Crippen LogP contribution in [0.4, 0.5) is 27.7 Å². The highest BCUT2D eigenvalue weighted by Crippen LogP contribution is 2.27. The van der Waals surface area contributed by atoms with Gasteiger partial charge in [-0.25, -0.2) is 14.8 Å². The van der Waals surface area contributed by atoms with E-state index >= 15 is 0 Å². The lowest BCUT2D eigenvalue weighted by Crippen LogP contribution is -2.37. The molecule has 2 fully saturated rings. The minimum Gasteiger partial charge on any atom is -0.378 e. The molecule has 210 valence electrons. The van der Waals surface area contributed by atoms with Gasteiger partial charge in [-0.05, 0) is 61.9 Å². The summed E-state index contributed by atoms with van der Waals surface area (Å²) in [6, 6.07) is 15.2. The topological polar surface area (TPSA) is 126 Å². The standard InChI is InChI=1S/C28H34N6O3.CO2/c1-3-25-20(2)27(34-14-18-37-19-15-34)32-26(31-25)21-4-6-22(7-5-21)29-28(35)30-23-8-10-24(11-9-23)33-12-16-36-17-13-33;2-1-3/h4-11H,3,12-19H2,1-2H3,(H2,29,30,35);. The summed E-state index contributed by atoms with van der Waals surface area (Å²) in [5.74, 6) is 1.67. The Balaban J connectivity index is 0.00000118. The van der Waals surface area contributed by atoms with Crippen LogP contribution in [0.1, 0.15) is 18.2 Å². The molecule has 0 radical (unpaired) electrons. The van der Waals surface area contributed by atoms with Crippen molar-refractivity contribution in [3.63, 3.8) is 0 Å². The zero-order valence-corrected chi connectivity index (χ0v) is 22.8. The Morgan fingerprint density at radius 3 is 1.85 bits per heavy atom. The number of carbonyl (C=O) groups is 1. The number of urea groups is 1. The number of nitrogens with one attached hydrogen (secondary N) is 2. The Morgan fingerprint density at radius 1 is 0.825 bits per heavy atom. The number of morpholine rings is 2. The van der Waals surface area contributed by atoms with Crippen molar-refractivity contribution in [2.24, 2.45) is 0 Å². The molecule has 11 nitrogen and oxygen atoms in total. The lowest BCUT2D eigenvalue weighted by molar-refractivity contribution is -0.191. The summed E-state index contributed by atoms with van der Waals surface area (Å²) < 4.78 is 10.9. The number of ether oxygens (including phenoxy) is 2. The minimum absolute atomic E-state index is 0.250. The van der Waals surface area contributed by atoms with E-state index in [1.54, 1.807) is 0 Å². The number of benzene rings is 2. The van der Waals surface area contributed by atoms with Crippen LogP contribution < -0.4 is 20.4 Å². The normalized spacial score (nSPS) is 14.9. The Bertz CT molecular complexity index is 1300. The summed E-state index contributed by atoms with van der Waals surface area (Å²) in [5.41, 5.74) is 5.65. The van der Waals surface area contributed by atoms with Crippen LogP contribution in [0.15, 0.2) is 48.5 Å². The molecule has 0 atom stereocenters. The van der Waals surface area contributed by atoms with Gasteiger partial charge in [0.25, 0.3) is 0 Å². The van der Waals surface area contributed by atoms with Crippen LogP contribution in [0.5, 0.6) is 0 Å². The number of anilines is 4. The predicted octanol–water partition coefficient (Wildman–Crippen LogP) is 3.75. The number of nitrogens with zero attached hydrogens (tertiary/aromatic N) is 4. The average molecular weight is 547 g/mol. The first-order chi connectivity index (χ1) is 19.5. The van der Waals surface area contributed by atoms with Gasteiger partial charge in [-0.3, -0.25) is 0 Å². The van der Waals surface area contributed by atoms with E-state index in [1.807, 2.05) is 48.5 Å². The van der Waals surface area contributed by atoms with Gasteiger partial charge in [0.05, 0.1) is 26.4 Å². The van der Waals surface area contributed by atoms with Crippen LogP contribution in [-0.4, -0.2) is 74.8 Å². The smallest absolute Gasteiger partial charge is 0.373 e. The van der Waals surface area contributed by atoms with Crippen molar-refractivity contribution in [1.82, 2.24) is 9.97 Å². The zero-order valence-electron chi connectivity index (χ0n) is 22.8. The average Bonchev–Trinajstić information content (AvgIpc) is 2.99. The van der Waals surface area contributed by atoms with Gasteiger partial charge in [0.15, 0.2) is 5.82 Å². The van der Waals surface area contributed by atoms with E-state index in [0.717, 1.165) is 79.8 Å². The molecule has 0 aliphatic carbocycles. The maximum Gasteiger partial charge on any atom is 0.373 e. The second kappa shape index (κ2) is 14.2. The number of hydrogen-bond donors (Lipinski definition) is 2. The fourth-order valence-electron chi connectivity index (χ4n) is 4.68. The third-order valence-electron chi connectivity index (χ3n) is 6.77. The number of rotatable bonds is 6. The lowest BCUT2D eigenvalue weighted by Gasteiger charge is -2.29. The zero-order chi connectivity index (χ0) is 28.3. The third kappa shape index (κ3) is 7.41. The fourth-order valence-corrected chi connectivity index (χ4v) is 4.68. The summed E-state index contributed by atoms with van der Waals surface area (Å²) in [7, 11) is 0. The van der Waals surface area contributed by atoms with Gasteiger partial charge in [0, 0.05) is 60.1 Å². The SMILES string of the molecule is CCc1nc(-c2ccc(NC(=O)Nc3ccc(N4CCOCC4)cc3)cc2)nc(N2CCOCC2)c1C.O=C=O. The summed E-state index contributed by atoms with van der Waals surface area (Å²) in [5, 5.41) is 5.80. The first-order valence-electron chi connectivity index (χ1n) is 13.3. The van der Waals surface area contributed by atoms with Crippen LogP contribution >= 0.6 is 0 Å². The molecular weight excluding hydrogens is 512 g/mol. The molecule has 2 aromatic carbocycles. The van der Waals surface area contributed by atoms with E-state index in [-0.39, 0.29) is 12.2 Å². The van der Waals surface area contributed by atoms with Crippen molar-refractivity contribution >= 4 is 35.1 Å². The van der Waals surface area contributed by atoms with Crippen molar-refractivity contribution in [2.45, 2.75) is 20.3 Å². The number of hydrogen-bond acceptors (Lipinski definition) is 9. The molecule has 3 aromatic rings. The monoisotopic (exact) mass is 546 g/mol. The van der Waals surface area contributed by atoms with Crippen LogP contribution in [0, 0.1) is 6.92 Å². The Labute approximate surface area is 233 Å². The van der Waals surface area contributed by atoms with Crippen molar-refractivity contribution < 1.29 is 23.9 Å². The second-order valence-electron chi connectivity index (χ2n) is 9.28. The van der Waals surface area contributed by atoms with Crippen molar-refractivity contribution in [3.05, 3.63) is 59.8 Å². The van der Waals surface area contributed by atoms with E-state index in [9.17, 15) is 4.79 Å². The molecule has 5 rings (SSSR count). The molecule has 0 bridgehead atoms. The van der Waals surface area contributed by atoms with Crippen LogP contribution in [0.2, 0.25) is 0 Å². The van der Waals surface area contributed by atoms with Crippen LogP contribution in [0.3, 0.4) is 0 Å². The van der Waals surface area contributed by atoms with Gasteiger partial charge in [-0.2, -0.15) is 9.59 Å². The minimum atomic E-state index is -0.290. The van der Waals surface area contributed by atoms with Gasteiger partial charge in [-0.15, -0.1) is 0 Å². The fraction of sp³-hybridized carbons (Fsp3) is 0.379. The molecule has 0 spiro atoms. The largest absolute Gasteiger partial charge is 0.378 e. The number of aromatic nitrogens is 2. The molecule has 2 amide bonds. The Morgan fingerprint density at radius 2 is 1.32 bits per heavy atom. The summed E-state index contributed by atoms with van der Waals surface area (Å²) in [4.78, 5) is 43.1. The van der Waals surface area contributed by atoms with E-state index in [4.69, 9.17) is 29.0 Å². The molecule has 2 aliphatic heterocycles. The molecular formula is C29H34N6O5. The highest BCUT2D eigenvalue weighted by molar-refractivity contribution is 5.99. The lowest BCUT2D eigenvalue weighted by atomic mass is 10.1. The number of aryl methyl sites for hydroxylation is 1. The Kier molecular flexibility index (Phi) is 10.2. The van der Waals surface area contributed by atoms with E-state index < -0.39 is 0 Å². The predicted molar refractivity (Wildman–Crippen MR) is 152 cm³/mol. The molecule has 2 saturated heterocycles. The molecule has 2 aliphatic rings. The molecule has 0 saturated carbocycles. The van der Waals surface area contributed by atoms with Crippen LogP contribution in [-0.2, 0) is 25.5 Å². The maximum atomic E-state index is 12.6. The maximum absolute atomic E-state index is 12.6. The molecule has 3 heterocycles. The quantitative estimate of drug-likeness (QED) is 0.475. The van der Waals surface area contributed by atoms with E-state index in [0.29, 0.717) is 24.7 Å². The van der Waals surface area contributed by atoms with Crippen molar-refractivity contribution in [2.75, 3.05) is 73.0 Å². The highest BCUT2D eigenvalue weighted by atomic mass is 16.5. The first kappa shape index (κ1) is 28.7. The first-order valence-corrected chi connectivity index (χ1v) is 13.3. The van der Waals surface area contributed by atoms with Crippen molar-refractivity contribution in [3.8, 4) is 11.4 Å². The molecule has 2 N–H and O–H groups in total. The molecule has 0 unspecified atom stereocenters. The van der Waals surface area contributed by atoms with Gasteiger partial charge < -0.3 is 29.9 Å². The summed E-state index contributed by atoms with van der Waals surface area (Å²) in [6.45, 7) is 10.5. The third-order valence-corrected chi connectivity index (χ3v) is 6.77. The number of amides is 2. The highest BCUT2D eigenvalue weighted by Gasteiger charge is 2.19. The summed E-state index contributed by atoms with van der Waals surface area (Å²) in [6.07, 6.45) is 1.09. The van der Waals surface area contributed by atoms with Crippen LogP contribution in [0.25, 0.3) is 11.4 Å². The molecule has 11 heteroatoms. The summed E-state index contributed by atoms with van der Waals surface area (Å²) >= 11 is 0. The van der Waals surface area contributed by atoms with Gasteiger partial charge in [0.2, 0.25) is 0 Å². The van der Waals surface area contributed by atoms with E-state index in [2.05, 4.69) is 34.3 Å². The molecule has 40 heavy (non-hydrogen) atoms. The van der Waals surface area contributed by atoms with Gasteiger partial charge >= 0.3 is 12.2 Å². The van der Waals surface area contributed by atoms with Gasteiger partial charge in [-0.1, -0.05) is 6.92 Å². The van der Waals surface area contributed by atoms with Gasteiger partial charge in [0.1, 0.15) is 5.82 Å². The molecule has 1 aromatic heterocycles. The Hall–Kier alpha value is -4.31. The van der Waals surface area contributed by atoms with Crippen molar-refractivity contribution in [1.29, 1.82) is 0 Å². The second-order valence-corrected chi connectivity index (χ2v) is 9.28. The number of carbonyl (C=O) groups excluding carboxylic acids is 3.